The van der Waals surface area contributed by atoms with Gasteiger partial charge in [0.15, 0.2) is 10.8 Å². The first-order valence-electron chi connectivity index (χ1n) is 5.99. The van der Waals surface area contributed by atoms with Crippen LogP contribution in [0.25, 0.3) is 0 Å². The summed E-state index contributed by atoms with van der Waals surface area (Å²) in [6.45, 7) is 3.92. The number of amides is 1. The van der Waals surface area contributed by atoms with Gasteiger partial charge >= 0.3 is 0 Å². The molecule has 0 saturated carbocycles. The summed E-state index contributed by atoms with van der Waals surface area (Å²) >= 11 is 5.13. The molecule has 0 saturated heterocycles. The van der Waals surface area contributed by atoms with Crippen LogP contribution in [-0.4, -0.2) is 41.1 Å². The van der Waals surface area contributed by atoms with E-state index in [4.69, 9.17) is 22.7 Å². The Hall–Kier alpha value is -1.67. The number of rotatable bonds is 7. The summed E-state index contributed by atoms with van der Waals surface area (Å²) in [6.07, 6.45) is 2.54. The fourth-order valence-electron chi connectivity index (χ4n) is 1.44. The molecule has 1 heterocycles. The molecule has 0 unspecified atom stereocenters. The maximum absolute atomic E-state index is 11.3. The number of aryl methyl sites for hydroxylation is 1. The minimum atomic E-state index is -0.586. The second-order valence-electron chi connectivity index (χ2n) is 3.84. The van der Waals surface area contributed by atoms with E-state index in [9.17, 15) is 4.79 Å². The molecular weight excluding hydrogens is 266 g/mol. The number of thiocarbonyl (C=S) groups is 1. The van der Waals surface area contributed by atoms with Crippen molar-refractivity contribution in [3.05, 3.63) is 11.9 Å². The van der Waals surface area contributed by atoms with Gasteiger partial charge in [0.25, 0.3) is 5.91 Å². The van der Waals surface area contributed by atoms with E-state index in [1.54, 1.807) is 18.0 Å². The van der Waals surface area contributed by atoms with Gasteiger partial charge in [0.05, 0.1) is 5.69 Å². The maximum Gasteiger partial charge on any atom is 0.271 e. The van der Waals surface area contributed by atoms with Gasteiger partial charge < -0.3 is 21.1 Å². The SMILES string of the molecule is CCn1cc(NC(=S)NCCCOC)c(C(N)=O)n1. The molecule has 4 N–H and O–H groups in total. The number of methoxy groups -OCH3 is 1. The van der Waals surface area contributed by atoms with Gasteiger partial charge in [-0.15, -0.1) is 0 Å². The van der Waals surface area contributed by atoms with E-state index in [1.165, 1.54) is 0 Å². The number of carbonyl (C=O) groups excluding carboxylic acids is 1. The first-order chi connectivity index (χ1) is 9.08. The Morgan fingerprint density at radius 1 is 1.63 bits per heavy atom. The lowest BCUT2D eigenvalue weighted by Crippen LogP contribution is -2.30. The molecule has 1 aromatic heterocycles. The molecule has 0 aliphatic heterocycles. The van der Waals surface area contributed by atoms with Gasteiger partial charge in [0.1, 0.15) is 0 Å². The summed E-state index contributed by atoms with van der Waals surface area (Å²) < 4.78 is 6.55. The van der Waals surface area contributed by atoms with Crippen molar-refractivity contribution in [3.63, 3.8) is 0 Å². The van der Waals surface area contributed by atoms with Crippen LogP contribution in [0.5, 0.6) is 0 Å². The molecule has 7 nitrogen and oxygen atoms in total. The molecule has 0 aromatic carbocycles. The number of ether oxygens (including phenoxy) is 1. The van der Waals surface area contributed by atoms with E-state index < -0.39 is 5.91 Å². The van der Waals surface area contributed by atoms with Crippen molar-refractivity contribution >= 4 is 28.9 Å². The number of nitrogens with zero attached hydrogens (tertiary/aromatic N) is 2. The molecule has 1 rings (SSSR count). The van der Waals surface area contributed by atoms with Crippen LogP contribution in [0, 0.1) is 0 Å². The number of aromatic nitrogens is 2. The van der Waals surface area contributed by atoms with Crippen LogP contribution in [0.3, 0.4) is 0 Å². The topological polar surface area (TPSA) is 94.2 Å². The zero-order valence-corrected chi connectivity index (χ0v) is 11.9. The van der Waals surface area contributed by atoms with Gasteiger partial charge in [0, 0.05) is 33.0 Å². The average molecular weight is 285 g/mol. The monoisotopic (exact) mass is 285 g/mol. The molecule has 0 bridgehead atoms. The Bertz CT molecular complexity index is 446. The Morgan fingerprint density at radius 3 is 2.95 bits per heavy atom. The van der Waals surface area contributed by atoms with E-state index in [-0.39, 0.29) is 5.69 Å². The van der Waals surface area contributed by atoms with Gasteiger partial charge in [-0.1, -0.05) is 0 Å². The largest absolute Gasteiger partial charge is 0.385 e. The molecular formula is C11H19N5O2S. The molecule has 0 aliphatic rings. The second-order valence-corrected chi connectivity index (χ2v) is 4.25. The number of nitrogens with two attached hydrogens (primary N) is 1. The first kappa shape index (κ1) is 15.4. The van der Waals surface area contributed by atoms with Gasteiger partial charge in [-0.3, -0.25) is 9.48 Å². The fourth-order valence-corrected chi connectivity index (χ4v) is 1.65. The van der Waals surface area contributed by atoms with Crippen molar-refractivity contribution in [1.82, 2.24) is 15.1 Å². The molecule has 19 heavy (non-hydrogen) atoms. The van der Waals surface area contributed by atoms with Crippen molar-refractivity contribution in [3.8, 4) is 0 Å². The van der Waals surface area contributed by atoms with Crippen LogP contribution >= 0.6 is 12.2 Å². The standard InChI is InChI=1S/C11H19N5O2S/c1-3-16-7-8(9(15-16)10(12)17)14-11(19)13-5-4-6-18-2/h7H,3-6H2,1-2H3,(H2,12,17)(H2,13,14,19). The lowest BCUT2D eigenvalue weighted by Gasteiger charge is -2.09. The highest BCUT2D eigenvalue weighted by atomic mass is 32.1. The number of anilines is 1. The molecule has 0 radical (unpaired) electrons. The maximum atomic E-state index is 11.3. The molecule has 0 spiro atoms. The van der Waals surface area contributed by atoms with Gasteiger partial charge in [-0.2, -0.15) is 5.10 Å². The summed E-state index contributed by atoms with van der Waals surface area (Å²) in [5, 5.41) is 10.4. The van der Waals surface area contributed by atoms with Crippen LogP contribution in [0.4, 0.5) is 5.69 Å². The van der Waals surface area contributed by atoms with Crippen molar-refractivity contribution in [2.75, 3.05) is 25.6 Å². The summed E-state index contributed by atoms with van der Waals surface area (Å²) in [4.78, 5) is 11.3. The summed E-state index contributed by atoms with van der Waals surface area (Å²) in [6, 6.07) is 0. The average Bonchev–Trinajstić information content (AvgIpc) is 2.78. The number of primary amides is 1. The number of carbonyl (C=O) groups is 1. The summed E-state index contributed by atoms with van der Waals surface area (Å²) in [7, 11) is 1.65. The van der Waals surface area contributed by atoms with E-state index in [2.05, 4.69) is 15.7 Å². The second kappa shape index (κ2) is 7.70. The Kier molecular flexibility index (Phi) is 6.23. The van der Waals surface area contributed by atoms with E-state index in [0.717, 1.165) is 6.42 Å². The van der Waals surface area contributed by atoms with Gasteiger partial charge in [0.2, 0.25) is 0 Å². The van der Waals surface area contributed by atoms with Crippen LogP contribution in [0.15, 0.2) is 6.20 Å². The van der Waals surface area contributed by atoms with Crippen molar-refractivity contribution in [2.45, 2.75) is 19.9 Å². The predicted molar refractivity (Wildman–Crippen MR) is 77.1 cm³/mol. The molecule has 106 valence electrons. The number of hydrogen-bond acceptors (Lipinski definition) is 4. The minimum absolute atomic E-state index is 0.183. The van der Waals surface area contributed by atoms with E-state index >= 15 is 0 Å². The van der Waals surface area contributed by atoms with Crippen molar-refractivity contribution in [2.24, 2.45) is 5.73 Å². The Labute approximate surface area is 117 Å². The lowest BCUT2D eigenvalue weighted by molar-refractivity contribution is 0.0995. The molecule has 8 heteroatoms. The van der Waals surface area contributed by atoms with Crippen molar-refractivity contribution in [1.29, 1.82) is 0 Å². The molecule has 0 aliphatic carbocycles. The summed E-state index contributed by atoms with van der Waals surface area (Å²) in [5.41, 5.74) is 5.96. The fraction of sp³-hybridized carbons (Fsp3) is 0.545. The zero-order chi connectivity index (χ0) is 14.3. The number of nitrogens with one attached hydrogen (secondary N) is 2. The van der Waals surface area contributed by atoms with Crippen molar-refractivity contribution < 1.29 is 9.53 Å². The lowest BCUT2D eigenvalue weighted by atomic mass is 10.3. The highest BCUT2D eigenvalue weighted by Crippen LogP contribution is 2.12. The van der Waals surface area contributed by atoms with Crippen LogP contribution in [-0.2, 0) is 11.3 Å². The van der Waals surface area contributed by atoms with Crippen LogP contribution in [0.2, 0.25) is 0 Å². The third-order valence-electron chi connectivity index (χ3n) is 2.38. The smallest absolute Gasteiger partial charge is 0.271 e. The predicted octanol–water partition coefficient (Wildman–Crippen LogP) is 0.325. The number of hydrogen-bond donors (Lipinski definition) is 3. The third-order valence-corrected chi connectivity index (χ3v) is 2.62. The van der Waals surface area contributed by atoms with E-state index in [1.807, 2.05) is 6.92 Å². The highest BCUT2D eigenvalue weighted by molar-refractivity contribution is 7.80. The Balaban J connectivity index is 2.58. The van der Waals surface area contributed by atoms with E-state index in [0.29, 0.717) is 30.5 Å². The van der Waals surface area contributed by atoms with Crippen LogP contribution < -0.4 is 16.4 Å². The minimum Gasteiger partial charge on any atom is -0.385 e. The molecule has 0 atom stereocenters. The zero-order valence-electron chi connectivity index (χ0n) is 11.1. The summed E-state index contributed by atoms with van der Waals surface area (Å²) in [5.74, 6) is -0.586. The third kappa shape index (κ3) is 4.84. The highest BCUT2D eigenvalue weighted by Gasteiger charge is 2.14. The molecule has 1 amide bonds. The normalized spacial score (nSPS) is 10.2. The van der Waals surface area contributed by atoms with Gasteiger partial charge in [-0.05, 0) is 25.6 Å². The molecule has 0 fully saturated rings. The first-order valence-corrected chi connectivity index (χ1v) is 6.40. The van der Waals surface area contributed by atoms with Crippen LogP contribution in [0.1, 0.15) is 23.8 Å². The Morgan fingerprint density at radius 2 is 2.37 bits per heavy atom. The molecule has 1 aromatic rings. The quantitative estimate of drug-likeness (QED) is 0.493. The van der Waals surface area contributed by atoms with Gasteiger partial charge in [-0.25, -0.2) is 0 Å².